The molecule has 0 spiro atoms. The zero-order valence-electron chi connectivity index (χ0n) is 13.2. The molecule has 1 fully saturated rings. The zero-order chi connectivity index (χ0) is 16.7. The van der Waals surface area contributed by atoms with Gasteiger partial charge in [0.1, 0.15) is 5.82 Å². The van der Waals surface area contributed by atoms with Gasteiger partial charge in [-0.3, -0.25) is 4.99 Å². The van der Waals surface area contributed by atoms with Gasteiger partial charge in [-0.15, -0.1) is 0 Å². The highest BCUT2D eigenvalue weighted by Crippen LogP contribution is 2.31. The Morgan fingerprint density at radius 3 is 2.91 bits per heavy atom. The molecule has 1 heterocycles. The number of benzene rings is 1. The number of aliphatic hydroxyl groups excluding tert-OH is 1. The monoisotopic (exact) mass is 387 g/mol. The summed E-state index contributed by atoms with van der Waals surface area (Å²) < 4.78 is 20.0. The summed E-state index contributed by atoms with van der Waals surface area (Å²) in [6, 6.07) is 4.99. The predicted molar refractivity (Wildman–Crippen MR) is 91.9 cm³/mol. The number of ether oxygens (including phenoxy) is 1. The number of halogens is 2. The average Bonchev–Trinajstić information content (AvgIpc) is 2.98. The molecule has 5 nitrogen and oxygen atoms in total. The quantitative estimate of drug-likeness (QED) is 0.516. The van der Waals surface area contributed by atoms with Crippen molar-refractivity contribution in [2.24, 2.45) is 10.4 Å². The van der Waals surface area contributed by atoms with E-state index < -0.39 is 0 Å². The van der Waals surface area contributed by atoms with Crippen molar-refractivity contribution in [2.45, 2.75) is 19.4 Å². The molecule has 1 aromatic carbocycles. The lowest BCUT2D eigenvalue weighted by atomic mass is 9.84. The number of rotatable bonds is 6. The summed E-state index contributed by atoms with van der Waals surface area (Å²) in [6.45, 7) is 2.51. The van der Waals surface area contributed by atoms with Crippen LogP contribution in [0.5, 0.6) is 0 Å². The van der Waals surface area contributed by atoms with Gasteiger partial charge in [-0.25, -0.2) is 4.39 Å². The number of guanidine groups is 1. The van der Waals surface area contributed by atoms with E-state index in [0.717, 1.165) is 13.0 Å². The molecule has 1 aliphatic heterocycles. The summed E-state index contributed by atoms with van der Waals surface area (Å²) in [5, 5.41) is 15.6. The van der Waals surface area contributed by atoms with E-state index in [2.05, 4.69) is 31.6 Å². The van der Waals surface area contributed by atoms with Crippen molar-refractivity contribution in [3.05, 3.63) is 34.1 Å². The van der Waals surface area contributed by atoms with Gasteiger partial charge in [0.25, 0.3) is 0 Å². The first kappa shape index (κ1) is 18.2. The molecule has 7 heteroatoms. The molecule has 1 aliphatic rings. The Labute approximate surface area is 144 Å². The third kappa shape index (κ3) is 5.16. The number of hydrogen-bond acceptors (Lipinski definition) is 3. The van der Waals surface area contributed by atoms with Crippen LogP contribution in [0.1, 0.15) is 18.4 Å². The molecule has 1 aromatic rings. The molecule has 1 atom stereocenters. The van der Waals surface area contributed by atoms with Gasteiger partial charge in [0, 0.05) is 48.8 Å². The van der Waals surface area contributed by atoms with Gasteiger partial charge in [0.2, 0.25) is 0 Å². The van der Waals surface area contributed by atoms with Crippen LogP contribution in [0, 0.1) is 11.2 Å². The van der Waals surface area contributed by atoms with Gasteiger partial charge in [-0.1, -0.05) is 22.0 Å². The molecule has 0 radical (unpaired) electrons. The molecular weight excluding hydrogens is 365 g/mol. The van der Waals surface area contributed by atoms with E-state index >= 15 is 0 Å². The Morgan fingerprint density at radius 1 is 1.48 bits per heavy atom. The second kappa shape index (κ2) is 8.61. The molecule has 3 N–H and O–H groups in total. The first-order valence-electron chi connectivity index (χ1n) is 7.66. The predicted octanol–water partition coefficient (Wildman–Crippen LogP) is 2.04. The molecule has 128 valence electrons. The molecule has 0 aliphatic carbocycles. The van der Waals surface area contributed by atoms with Crippen LogP contribution in [0.25, 0.3) is 0 Å². The maximum absolute atomic E-state index is 13.8. The lowest BCUT2D eigenvalue weighted by Gasteiger charge is -2.27. The molecular formula is C16H23BrFN3O2. The zero-order valence-corrected chi connectivity index (χ0v) is 14.8. The third-order valence-corrected chi connectivity index (χ3v) is 4.64. The number of aliphatic hydroxyl groups is 1. The van der Waals surface area contributed by atoms with Crippen LogP contribution in [0.4, 0.5) is 4.39 Å². The smallest absolute Gasteiger partial charge is 0.191 e. The second-order valence-corrected chi connectivity index (χ2v) is 6.71. The minimum Gasteiger partial charge on any atom is -0.396 e. The van der Waals surface area contributed by atoms with E-state index in [9.17, 15) is 9.50 Å². The van der Waals surface area contributed by atoms with Crippen molar-refractivity contribution < 1.29 is 14.2 Å². The minimum absolute atomic E-state index is 0.0603. The highest BCUT2D eigenvalue weighted by Gasteiger charge is 2.34. The molecule has 0 saturated carbocycles. The maximum atomic E-state index is 13.8. The Hall–Kier alpha value is -1.18. The summed E-state index contributed by atoms with van der Waals surface area (Å²) >= 11 is 3.24. The van der Waals surface area contributed by atoms with Gasteiger partial charge in [0.05, 0.1) is 6.61 Å². The van der Waals surface area contributed by atoms with E-state index in [1.165, 1.54) is 6.07 Å². The fourth-order valence-electron chi connectivity index (χ4n) is 2.65. The van der Waals surface area contributed by atoms with Crippen molar-refractivity contribution in [1.82, 2.24) is 10.6 Å². The summed E-state index contributed by atoms with van der Waals surface area (Å²) in [4.78, 5) is 4.16. The topological polar surface area (TPSA) is 65.9 Å². The Morgan fingerprint density at radius 2 is 2.30 bits per heavy atom. The van der Waals surface area contributed by atoms with Gasteiger partial charge < -0.3 is 20.5 Å². The van der Waals surface area contributed by atoms with Crippen molar-refractivity contribution in [3.8, 4) is 0 Å². The molecule has 23 heavy (non-hydrogen) atoms. The SMILES string of the molecule is CN=C(NCc1ccc(Br)cc1F)NCC1(CCO)CCOC1. The number of nitrogens with zero attached hydrogens (tertiary/aromatic N) is 1. The van der Waals surface area contributed by atoms with Crippen LogP contribution in [0.15, 0.2) is 27.7 Å². The standard InChI is InChI=1S/C16H23BrFN3O2/c1-19-15(20-9-12-2-3-13(17)8-14(12)18)21-10-16(4-6-22)5-7-23-11-16/h2-3,8,22H,4-7,9-11H2,1H3,(H2,19,20,21). The van der Waals surface area contributed by atoms with Crippen molar-refractivity contribution in [1.29, 1.82) is 0 Å². The van der Waals surface area contributed by atoms with Gasteiger partial charge in [-0.05, 0) is 25.0 Å². The van der Waals surface area contributed by atoms with Crippen molar-refractivity contribution in [2.75, 3.05) is 33.4 Å². The Kier molecular flexibility index (Phi) is 6.80. The van der Waals surface area contributed by atoms with E-state index in [1.807, 2.05) is 6.07 Å². The van der Waals surface area contributed by atoms with Crippen molar-refractivity contribution >= 4 is 21.9 Å². The van der Waals surface area contributed by atoms with E-state index in [-0.39, 0.29) is 17.8 Å². The van der Waals surface area contributed by atoms with Crippen LogP contribution >= 0.6 is 15.9 Å². The lowest BCUT2D eigenvalue weighted by Crippen LogP contribution is -2.44. The highest BCUT2D eigenvalue weighted by molar-refractivity contribution is 9.10. The van der Waals surface area contributed by atoms with E-state index in [0.29, 0.717) is 42.1 Å². The van der Waals surface area contributed by atoms with Crippen molar-refractivity contribution in [3.63, 3.8) is 0 Å². The Balaban J connectivity index is 1.88. The molecule has 0 amide bonds. The normalized spacial score (nSPS) is 21.5. The molecule has 1 saturated heterocycles. The first-order chi connectivity index (χ1) is 11.1. The fraction of sp³-hybridized carbons (Fsp3) is 0.562. The first-order valence-corrected chi connectivity index (χ1v) is 8.45. The summed E-state index contributed by atoms with van der Waals surface area (Å²) in [7, 11) is 1.68. The molecule has 0 bridgehead atoms. The second-order valence-electron chi connectivity index (χ2n) is 5.79. The van der Waals surface area contributed by atoms with Crippen LogP contribution < -0.4 is 10.6 Å². The lowest BCUT2D eigenvalue weighted by molar-refractivity contribution is 0.127. The molecule has 1 unspecified atom stereocenters. The fourth-order valence-corrected chi connectivity index (χ4v) is 2.98. The summed E-state index contributed by atoms with van der Waals surface area (Å²) in [6.07, 6.45) is 1.61. The number of hydrogen-bond donors (Lipinski definition) is 3. The maximum Gasteiger partial charge on any atom is 0.191 e. The van der Waals surface area contributed by atoms with Crippen LogP contribution in [-0.2, 0) is 11.3 Å². The highest BCUT2D eigenvalue weighted by atomic mass is 79.9. The number of aliphatic imine (C=N–C) groups is 1. The largest absolute Gasteiger partial charge is 0.396 e. The third-order valence-electron chi connectivity index (χ3n) is 4.14. The van der Waals surface area contributed by atoms with Crippen LogP contribution in [0.2, 0.25) is 0 Å². The van der Waals surface area contributed by atoms with Gasteiger partial charge in [0.15, 0.2) is 5.96 Å². The van der Waals surface area contributed by atoms with E-state index in [1.54, 1.807) is 13.1 Å². The summed E-state index contributed by atoms with van der Waals surface area (Å²) in [5.41, 5.74) is 0.514. The van der Waals surface area contributed by atoms with Gasteiger partial charge in [-0.2, -0.15) is 0 Å². The molecule has 0 aromatic heterocycles. The summed E-state index contributed by atoms with van der Waals surface area (Å²) in [5.74, 6) is 0.347. The van der Waals surface area contributed by atoms with Gasteiger partial charge >= 0.3 is 0 Å². The molecule has 2 rings (SSSR count). The van der Waals surface area contributed by atoms with Crippen LogP contribution in [0.3, 0.4) is 0 Å². The average molecular weight is 388 g/mol. The van der Waals surface area contributed by atoms with E-state index in [4.69, 9.17) is 4.74 Å². The van der Waals surface area contributed by atoms with Crippen LogP contribution in [-0.4, -0.2) is 44.5 Å². The number of nitrogens with one attached hydrogen (secondary N) is 2. The minimum atomic E-state index is -0.261. The Bertz CT molecular complexity index is 548.